The molecule has 1 aromatic heterocycles. The van der Waals surface area contributed by atoms with E-state index in [0.29, 0.717) is 33.3 Å². The number of carbonyl (C=O) groups excluding carboxylic acids is 1. The quantitative estimate of drug-likeness (QED) is 0.448. The lowest BCUT2D eigenvalue weighted by atomic mass is 9.86. The van der Waals surface area contributed by atoms with Gasteiger partial charge in [-0.15, -0.1) is 0 Å². The first-order valence-corrected chi connectivity index (χ1v) is 10.5. The lowest BCUT2D eigenvalue weighted by Gasteiger charge is -2.26. The zero-order valence-electron chi connectivity index (χ0n) is 16.9. The third-order valence-corrected chi connectivity index (χ3v) is 5.99. The smallest absolute Gasteiger partial charge is 0.257 e. The minimum Gasteiger partial charge on any atom is -0.497 e. The number of benzene rings is 2. The first kappa shape index (κ1) is 20.9. The van der Waals surface area contributed by atoms with E-state index in [1.807, 2.05) is 0 Å². The van der Waals surface area contributed by atoms with Crippen molar-refractivity contribution in [1.29, 1.82) is 0 Å². The van der Waals surface area contributed by atoms with Gasteiger partial charge in [-0.1, -0.05) is 30.0 Å². The van der Waals surface area contributed by atoms with E-state index >= 15 is 0 Å². The molecule has 0 fully saturated rings. The molecule has 0 aliphatic carbocycles. The number of carbonyl (C=O) groups is 1. The van der Waals surface area contributed by atoms with Gasteiger partial charge in [0.15, 0.2) is 5.16 Å². The number of rotatable bonds is 6. The number of fused-ring (bicyclic) bond motifs is 1. The number of halogens is 1. The van der Waals surface area contributed by atoms with Crippen LogP contribution < -0.4 is 20.3 Å². The van der Waals surface area contributed by atoms with Crippen molar-refractivity contribution in [2.24, 2.45) is 0 Å². The number of thioether (sulfide) groups is 1. The Labute approximate surface area is 182 Å². The average Bonchev–Trinajstić information content (AvgIpc) is 2.77. The number of anilines is 1. The van der Waals surface area contributed by atoms with Gasteiger partial charge in [0.2, 0.25) is 5.91 Å². The molecule has 0 saturated heterocycles. The summed E-state index contributed by atoms with van der Waals surface area (Å²) in [5, 5.41) is 2.98. The Morgan fingerprint density at radius 1 is 1.16 bits per heavy atom. The number of methoxy groups -OCH3 is 2. The average molecular weight is 441 g/mol. The standard InChI is InChI=1S/C22H20FN3O4S/c1-29-13-7-8-17(30-2)14(9-13)15-10-18(27)24-20-19(15)21(28)26-22(25-20)31-11-12-5-3-4-6-16(12)23/h3-9,15H,10-11H2,1-2H3,(H2,24,25,26,27,28). The normalized spacial score (nSPS) is 15.2. The maximum atomic E-state index is 13.9. The van der Waals surface area contributed by atoms with Crippen LogP contribution in [0.1, 0.15) is 29.0 Å². The molecule has 2 N–H and O–H groups in total. The molecule has 0 spiro atoms. The number of hydrogen-bond donors (Lipinski definition) is 2. The van der Waals surface area contributed by atoms with Crippen molar-refractivity contribution in [2.45, 2.75) is 23.2 Å². The van der Waals surface area contributed by atoms with Crippen LogP contribution in [0.25, 0.3) is 0 Å². The third-order valence-electron chi connectivity index (χ3n) is 5.06. The number of nitrogens with zero attached hydrogens (tertiary/aromatic N) is 1. The second-order valence-electron chi connectivity index (χ2n) is 6.93. The number of hydrogen-bond acceptors (Lipinski definition) is 6. The Bertz CT molecular complexity index is 1200. The van der Waals surface area contributed by atoms with Crippen LogP contribution in [0.2, 0.25) is 0 Å². The molecule has 3 aromatic rings. The van der Waals surface area contributed by atoms with Crippen molar-refractivity contribution < 1.29 is 18.7 Å². The van der Waals surface area contributed by atoms with Gasteiger partial charge in [-0.2, -0.15) is 0 Å². The lowest BCUT2D eigenvalue weighted by molar-refractivity contribution is -0.116. The first-order valence-electron chi connectivity index (χ1n) is 9.52. The predicted molar refractivity (Wildman–Crippen MR) is 115 cm³/mol. The van der Waals surface area contributed by atoms with Gasteiger partial charge in [0, 0.05) is 23.7 Å². The predicted octanol–water partition coefficient (Wildman–Crippen LogP) is 3.69. The van der Waals surface area contributed by atoms with Gasteiger partial charge >= 0.3 is 0 Å². The highest BCUT2D eigenvalue weighted by atomic mass is 32.2. The second kappa shape index (κ2) is 8.81. The van der Waals surface area contributed by atoms with Crippen molar-refractivity contribution in [3.63, 3.8) is 0 Å². The Morgan fingerprint density at radius 2 is 1.97 bits per heavy atom. The summed E-state index contributed by atoms with van der Waals surface area (Å²) < 4.78 is 24.6. The molecule has 4 rings (SSSR count). The van der Waals surface area contributed by atoms with Crippen LogP contribution in [0.15, 0.2) is 52.4 Å². The molecule has 1 aliphatic heterocycles. The van der Waals surface area contributed by atoms with Gasteiger partial charge in [0.05, 0.1) is 19.8 Å². The van der Waals surface area contributed by atoms with Crippen LogP contribution >= 0.6 is 11.8 Å². The second-order valence-corrected chi connectivity index (χ2v) is 7.89. The third kappa shape index (κ3) is 4.27. The van der Waals surface area contributed by atoms with Crippen molar-refractivity contribution in [2.75, 3.05) is 19.5 Å². The number of H-pyrrole nitrogens is 1. The highest BCUT2D eigenvalue weighted by Crippen LogP contribution is 2.40. The van der Waals surface area contributed by atoms with E-state index in [9.17, 15) is 14.0 Å². The summed E-state index contributed by atoms with van der Waals surface area (Å²) in [4.78, 5) is 32.6. The number of amides is 1. The molecular formula is C22H20FN3O4S. The summed E-state index contributed by atoms with van der Waals surface area (Å²) in [5.41, 5.74) is 1.14. The summed E-state index contributed by atoms with van der Waals surface area (Å²) in [6, 6.07) is 11.7. The zero-order valence-corrected chi connectivity index (χ0v) is 17.7. The largest absolute Gasteiger partial charge is 0.497 e. The van der Waals surface area contributed by atoms with Crippen LogP contribution in [-0.2, 0) is 10.5 Å². The number of aromatic nitrogens is 2. The Kier molecular flexibility index (Phi) is 5.94. The molecule has 0 bridgehead atoms. The molecule has 1 aliphatic rings. The summed E-state index contributed by atoms with van der Waals surface area (Å²) in [7, 11) is 3.07. The summed E-state index contributed by atoms with van der Waals surface area (Å²) in [5.74, 6) is 0.490. The monoisotopic (exact) mass is 441 g/mol. The minimum absolute atomic E-state index is 0.0724. The van der Waals surface area contributed by atoms with Gasteiger partial charge in [-0.05, 0) is 29.8 Å². The molecule has 2 heterocycles. The Hall–Kier alpha value is -3.33. The van der Waals surface area contributed by atoms with Crippen LogP contribution in [0.4, 0.5) is 10.2 Å². The minimum atomic E-state index is -0.546. The van der Waals surface area contributed by atoms with Gasteiger partial charge in [-0.3, -0.25) is 9.59 Å². The van der Waals surface area contributed by atoms with Crippen molar-refractivity contribution >= 4 is 23.5 Å². The van der Waals surface area contributed by atoms with Gasteiger partial charge in [0.25, 0.3) is 5.56 Å². The topological polar surface area (TPSA) is 93.3 Å². The van der Waals surface area contributed by atoms with E-state index in [-0.39, 0.29) is 35.3 Å². The highest BCUT2D eigenvalue weighted by Gasteiger charge is 2.33. The number of nitrogens with one attached hydrogen (secondary N) is 2. The maximum Gasteiger partial charge on any atom is 0.257 e. The molecule has 31 heavy (non-hydrogen) atoms. The van der Waals surface area contributed by atoms with Gasteiger partial charge in [-0.25, -0.2) is 9.37 Å². The van der Waals surface area contributed by atoms with E-state index in [2.05, 4.69) is 15.3 Å². The zero-order chi connectivity index (χ0) is 22.0. The van der Waals surface area contributed by atoms with E-state index in [1.165, 1.54) is 24.9 Å². The van der Waals surface area contributed by atoms with E-state index in [4.69, 9.17) is 9.47 Å². The molecule has 9 heteroatoms. The van der Waals surface area contributed by atoms with Crippen LogP contribution in [0, 0.1) is 5.82 Å². The van der Waals surface area contributed by atoms with E-state index in [1.54, 1.807) is 43.5 Å². The lowest BCUT2D eigenvalue weighted by Crippen LogP contribution is -2.31. The van der Waals surface area contributed by atoms with E-state index < -0.39 is 5.92 Å². The molecule has 1 atom stereocenters. The maximum absolute atomic E-state index is 13.9. The number of aromatic amines is 1. The fraction of sp³-hybridized carbons (Fsp3) is 0.227. The fourth-order valence-corrected chi connectivity index (χ4v) is 4.40. The first-order chi connectivity index (χ1) is 15.0. The summed E-state index contributed by atoms with van der Waals surface area (Å²) in [6.45, 7) is 0. The molecular weight excluding hydrogens is 421 g/mol. The summed E-state index contributed by atoms with van der Waals surface area (Å²) >= 11 is 1.18. The molecule has 0 radical (unpaired) electrons. The number of ether oxygens (including phenoxy) is 2. The SMILES string of the molecule is COc1ccc(OC)c(C2CC(=O)Nc3nc(SCc4ccccc4F)[nH]c(=O)c32)c1. The molecule has 2 aromatic carbocycles. The molecule has 1 unspecified atom stereocenters. The van der Waals surface area contributed by atoms with Crippen molar-refractivity contribution in [1.82, 2.24) is 9.97 Å². The van der Waals surface area contributed by atoms with Crippen molar-refractivity contribution in [3.8, 4) is 11.5 Å². The molecule has 1 amide bonds. The fourth-order valence-electron chi connectivity index (χ4n) is 3.56. The molecule has 7 nitrogen and oxygen atoms in total. The Balaban J connectivity index is 1.71. The highest BCUT2D eigenvalue weighted by molar-refractivity contribution is 7.98. The van der Waals surface area contributed by atoms with Crippen molar-refractivity contribution in [3.05, 3.63) is 75.3 Å². The van der Waals surface area contributed by atoms with Crippen LogP contribution in [0.5, 0.6) is 11.5 Å². The van der Waals surface area contributed by atoms with Gasteiger partial charge < -0.3 is 19.8 Å². The summed E-state index contributed by atoms with van der Waals surface area (Å²) in [6.07, 6.45) is 0.0724. The Morgan fingerprint density at radius 3 is 2.71 bits per heavy atom. The van der Waals surface area contributed by atoms with Gasteiger partial charge in [0.1, 0.15) is 23.1 Å². The van der Waals surface area contributed by atoms with Crippen LogP contribution in [0.3, 0.4) is 0 Å². The molecule has 160 valence electrons. The molecule has 0 saturated carbocycles. The van der Waals surface area contributed by atoms with E-state index in [0.717, 1.165) is 0 Å². The van der Waals surface area contributed by atoms with Crippen LogP contribution in [-0.4, -0.2) is 30.1 Å².